The Hall–Kier alpha value is -2.54. The molecule has 26 heavy (non-hydrogen) atoms. The smallest absolute Gasteiger partial charge is 0.248 e. The monoisotopic (exact) mass is 364 g/mol. The molecule has 1 aliphatic heterocycles. The highest BCUT2D eigenvalue weighted by molar-refractivity contribution is 5.77. The van der Waals surface area contributed by atoms with E-state index in [0.29, 0.717) is 31.7 Å². The molecule has 1 amide bonds. The summed E-state index contributed by atoms with van der Waals surface area (Å²) in [5.74, 6) is -2.34. The van der Waals surface area contributed by atoms with Crippen molar-refractivity contribution in [3.8, 4) is 0 Å². The van der Waals surface area contributed by atoms with Crippen molar-refractivity contribution in [3.05, 3.63) is 65.5 Å². The first-order chi connectivity index (χ1) is 12.6. The van der Waals surface area contributed by atoms with Gasteiger partial charge in [-0.05, 0) is 18.2 Å². The number of nitrogens with zero attached hydrogens (tertiary/aromatic N) is 2. The topological polar surface area (TPSA) is 32.8 Å². The number of carbonyl (C=O) groups excluding carboxylic acids is 1. The van der Waals surface area contributed by atoms with Crippen LogP contribution in [0, 0.1) is 17.5 Å². The third-order valence-electron chi connectivity index (χ3n) is 4.35. The van der Waals surface area contributed by atoms with Gasteiger partial charge in [-0.25, -0.2) is 13.2 Å². The highest BCUT2D eigenvalue weighted by Crippen LogP contribution is 2.22. The minimum atomic E-state index is -0.887. The molecule has 1 heterocycles. The maximum Gasteiger partial charge on any atom is 0.248 e. The zero-order valence-electron chi connectivity index (χ0n) is 14.1. The summed E-state index contributed by atoms with van der Waals surface area (Å²) in [5, 5.41) is 0. The lowest BCUT2D eigenvalue weighted by molar-refractivity contribution is -0.136. The molecule has 1 saturated heterocycles. The molecule has 0 saturated carbocycles. The fraction of sp³-hybridized carbons (Fsp3) is 0.316. The first-order valence-electron chi connectivity index (χ1n) is 8.34. The molecule has 0 aromatic heterocycles. The summed E-state index contributed by atoms with van der Waals surface area (Å²) < 4.78 is 46.0. The van der Waals surface area contributed by atoms with Gasteiger partial charge in [0, 0.05) is 31.7 Å². The first-order valence-corrected chi connectivity index (χ1v) is 8.34. The Morgan fingerprint density at radius 2 is 1.62 bits per heavy atom. The molecule has 0 atom stereocenters. The van der Waals surface area contributed by atoms with Gasteiger partial charge in [0.25, 0.3) is 0 Å². The lowest BCUT2D eigenvalue weighted by atomic mass is 10.2. The van der Waals surface area contributed by atoms with Crippen LogP contribution in [0.3, 0.4) is 0 Å². The van der Waals surface area contributed by atoms with Crippen LogP contribution >= 0.6 is 0 Å². The van der Waals surface area contributed by atoms with Crippen molar-refractivity contribution in [3.63, 3.8) is 0 Å². The zero-order valence-corrected chi connectivity index (χ0v) is 14.1. The SMILES string of the molecule is O=C(COCc1ccccc1F)N1CCN(c2cccc(F)c2F)CC1. The molecule has 0 radical (unpaired) electrons. The fourth-order valence-electron chi connectivity index (χ4n) is 2.89. The van der Waals surface area contributed by atoms with E-state index >= 15 is 0 Å². The third-order valence-corrected chi connectivity index (χ3v) is 4.35. The van der Waals surface area contributed by atoms with Gasteiger partial charge in [-0.2, -0.15) is 0 Å². The highest BCUT2D eigenvalue weighted by atomic mass is 19.2. The molecule has 0 spiro atoms. The van der Waals surface area contributed by atoms with Gasteiger partial charge in [0.15, 0.2) is 11.6 Å². The van der Waals surface area contributed by atoms with Crippen molar-refractivity contribution >= 4 is 11.6 Å². The fourth-order valence-corrected chi connectivity index (χ4v) is 2.89. The number of rotatable bonds is 5. The summed E-state index contributed by atoms with van der Waals surface area (Å²) in [6.07, 6.45) is 0. The number of amides is 1. The van der Waals surface area contributed by atoms with Crippen LogP contribution in [0.1, 0.15) is 5.56 Å². The summed E-state index contributed by atoms with van der Waals surface area (Å²) >= 11 is 0. The predicted octanol–water partition coefficient (Wildman–Crippen LogP) is 2.97. The molecule has 0 aliphatic carbocycles. The Bertz CT molecular complexity index is 777. The molecule has 3 rings (SSSR count). The van der Waals surface area contributed by atoms with E-state index in [1.54, 1.807) is 28.0 Å². The molecule has 0 unspecified atom stereocenters. The lowest BCUT2D eigenvalue weighted by Crippen LogP contribution is -2.50. The summed E-state index contributed by atoms with van der Waals surface area (Å²) in [4.78, 5) is 15.5. The average Bonchev–Trinajstić information content (AvgIpc) is 2.65. The Kier molecular flexibility index (Phi) is 5.78. The number of benzene rings is 2. The van der Waals surface area contributed by atoms with Crippen molar-refractivity contribution in [1.29, 1.82) is 0 Å². The number of piperazine rings is 1. The van der Waals surface area contributed by atoms with Gasteiger partial charge >= 0.3 is 0 Å². The van der Waals surface area contributed by atoms with Crippen molar-refractivity contribution in [1.82, 2.24) is 4.90 Å². The molecular formula is C19H19F3N2O2. The third kappa shape index (κ3) is 4.16. The van der Waals surface area contributed by atoms with Crippen LogP contribution in [0.15, 0.2) is 42.5 Å². The van der Waals surface area contributed by atoms with E-state index in [0.717, 1.165) is 6.07 Å². The summed E-state index contributed by atoms with van der Waals surface area (Å²) in [6.45, 7) is 1.45. The first kappa shape index (κ1) is 18.3. The number of hydrogen-bond acceptors (Lipinski definition) is 3. The van der Waals surface area contributed by atoms with E-state index in [9.17, 15) is 18.0 Å². The average molecular weight is 364 g/mol. The molecule has 1 fully saturated rings. The van der Waals surface area contributed by atoms with Gasteiger partial charge < -0.3 is 14.5 Å². The second-order valence-corrected chi connectivity index (χ2v) is 6.02. The van der Waals surface area contributed by atoms with Crippen LogP contribution in [0.25, 0.3) is 0 Å². The number of anilines is 1. The van der Waals surface area contributed by atoms with Crippen molar-refractivity contribution in [2.45, 2.75) is 6.61 Å². The Labute approximate surface area is 149 Å². The van der Waals surface area contributed by atoms with E-state index in [4.69, 9.17) is 4.74 Å². The molecule has 0 N–H and O–H groups in total. The van der Waals surface area contributed by atoms with Crippen LogP contribution < -0.4 is 4.90 Å². The normalized spacial score (nSPS) is 14.6. The second kappa shape index (κ2) is 8.23. The maximum absolute atomic E-state index is 13.9. The minimum Gasteiger partial charge on any atom is -0.367 e. The summed E-state index contributed by atoms with van der Waals surface area (Å²) in [7, 11) is 0. The largest absolute Gasteiger partial charge is 0.367 e. The molecular weight excluding hydrogens is 345 g/mol. The lowest BCUT2D eigenvalue weighted by Gasteiger charge is -2.36. The van der Waals surface area contributed by atoms with E-state index in [1.165, 1.54) is 18.2 Å². The van der Waals surface area contributed by atoms with Crippen LogP contribution in [-0.4, -0.2) is 43.6 Å². The molecule has 1 aliphatic rings. The number of hydrogen-bond donors (Lipinski definition) is 0. The minimum absolute atomic E-state index is 0.0207. The van der Waals surface area contributed by atoms with Gasteiger partial charge in [-0.3, -0.25) is 4.79 Å². The predicted molar refractivity (Wildman–Crippen MR) is 91.2 cm³/mol. The number of carbonyl (C=O) groups is 1. The molecule has 2 aromatic carbocycles. The van der Waals surface area contributed by atoms with Crippen LogP contribution in [0.5, 0.6) is 0 Å². The standard InChI is InChI=1S/C19H19F3N2O2/c20-15-5-2-1-4-14(15)12-26-13-18(25)24-10-8-23(9-11-24)17-7-3-6-16(21)19(17)22/h1-7H,8-13H2. The summed E-state index contributed by atoms with van der Waals surface area (Å²) in [6, 6.07) is 10.3. The van der Waals surface area contributed by atoms with Crippen LogP contribution in [0.4, 0.5) is 18.9 Å². The Balaban J connectivity index is 1.48. The van der Waals surface area contributed by atoms with Crippen molar-refractivity contribution in [2.75, 3.05) is 37.7 Å². The van der Waals surface area contributed by atoms with E-state index in [2.05, 4.69) is 0 Å². The molecule has 4 nitrogen and oxygen atoms in total. The van der Waals surface area contributed by atoms with Crippen LogP contribution in [-0.2, 0) is 16.1 Å². The highest BCUT2D eigenvalue weighted by Gasteiger charge is 2.23. The van der Waals surface area contributed by atoms with Crippen LogP contribution in [0.2, 0.25) is 0 Å². The van der Waals surface area contributed by atoms with Gasteiger partial charge in [0.1, 0.15) is 12.4 Å². The van der Waals surface area contributed by atoms with Gasteiger partial charge in [-0.15, -0.1) is 0 Å². The Morgan fingerprint density at radius 3 is 2.35 bits per heavy atom. The zero-order chi connectivity index (χ0) is 18.5. The molecule has 138 valence electrons. The summed E-state index contributed by atoms with van der Waals surface area (Å²) in [5.41, 5.74) is 0.597. The van der Waals surface area contributed by atoms with Gasteiger partial charge in [-0.1, -0.05) is 24.3 Å². The maximum atomic E-state index is 13.9. The van der Waals surface area contributed by atoms with Gasteiger partial charge in [0.05, 0.1) is 12.3 Å². The quantitative estimate of drug-likeness (QED) is 0.818. The molecule has 2 aromatic rings. The molecule has 7 heteroatoms. The number of ether oxygens (including phenoxy) is 1. The van der Waals surface area contributed by atoms with Gasteiger partial charge in [0.2, 0.25) is 5.91 Å². The molecule has 0 bridgehead atoms. The van der Waals surface area contributed by atoms with E-state index in [1.807, 2.05) is 0 Å². The van der Waals surface area contributed by atoms with E-state index < -0.39 is 11.6 Å². The number of halogens is 3. The Morgan fingerprint density at radius 1 is 0.923 bits per heavy atom. The van der Waals surface area contributed by atoms with E-state index in [-0.39, 0.29) is 30.6 Å². The second-order valence-electron chi connectivity index (χ2n) is 6.02. The van der Waals surface area contributed by atoms with Crippen molar-refractivity contribution < 1.29 is 22.7 Å². The van der Waals surface area contributed by atoms with Crippen molar-refractivity contribution in [2.24, 2.45) is 0 Å².